The average Bonchev–Trinajstić information content (AvgIpc) is 2.29. The van der Waals surface area contributed by atoms with Crippen LogP contribution in [0.4, 0.5) is 0 Å². The van der Waals surface area contributed by atoms with Crippen molar-refractivity contribution in [1.82, 2.24) is 0 Å². The molecule has 0 amide bonds. The highest BCUT2D eigenvalue weighted by atomic mass is 14.3. The Kier molecular flexibility index (Phi) is 6.05. The van der Waals surface area contributed by atoms with Crippen LogP contribution in [0.15, 0.2) is 12.7 Å². The maximum absolute atomic E-state index is 3.81. The number of rotatable bonds is 6. The Balaban J connectivity index is 2.25. The second-order valence-corrected chi connectivity index (χ2v) is 5.22. The van der Waals surface area contributed by atoms with E-state index in [0.29, 0.717) is 0 Å². The normalized spacial score (nSPS) is 26.9. The summed E-state index contributed by atoms with van der Waals surface area (Å²) in [6.45, 7) is 8.53. The zero-order chi connectivity index (χ0) is 11.1. The van der Waals surface area contributed by atoms with Crippen molar-refractivity contribution in [2.75, 3.05) is 0 Å². The molecule has 0 nitrogen and oxygen atoms in total. The molecule has 0 bridgehead atoms. The van der Waals surface area contributed by atoms with Gasteiger partial charge >= 0.3 is 0 Å². The first-order valence-electron chi connectivity index (χ1n) is 6.92. The minimum atomic E-state index is 1.00. The summed E-state index contributed by atoms with van der Waals surface area (Å²) in [5, 5.41) is 0. The Morgan fingerprint density at radius 3 is 2.20 bits per heavy atom. The minimum absolute atomic E-state index is 1.00. The zero-order valence-corrected chi connectivity index (χ0v) is 10.7. The van der Waals surface area contributed by atoms with Crippen molar-refractivity contribution in [1.29, 1.82) is 0 Å². The lowest BCUT2D eigenvalue weighted by Crippen LogP contribution is -2.21. The Morgan fingerprint density at radius 1 is 1.13 bits per heavy atom. The largest absolute Gasteiger partial charge is 0.103 e. The van der Waals surface area contributed by atoms with E-state index in [4.69, 9.17) is 0 Å². The first-order chi connectivity index (χ1) is 7.31. The third-order valence-corrected chi connectivity index (χ3v) is 4.39. The van der Waals surface area contributed by atoms with Gasteiger partial charge in [-0.05, 0) is 43.4 Å². The lowest BCUT2D eigenvalue weighted by Gasteiger charge is -2.33. The van der Waals surface area contributed by atoms with Gasteiger partial charge in [0.05, 0.1) is 0 Å². The monoisotopic (exact) mass is 208 g/mol. The lowest BCUT2D eigenvalue weighted by atomic mass is 9.73. The molecule has 0 spiro atoms. The topological polar surface area (TPSA) is 0 Å². The Labute approximate surface area is 96.2 Å². The van der Waals surface area contributed by atoms with Crippen LogP contribution in [0.3, 0.4) is 0 Å². The predicted octanol–water partition coefficient (Wildman–Crippen LogP) is 5.20. The van der Waals surface area contributed by atoms with Crippen molar-refractivity contribution < 1.29 is 0 Å². The van der Waals surface area contributed by atoms with Gasteiger partial charge in [0.2, 0.25) is 0 Å². The van der Waals surface area contributed by atoms with Gasteiger partial charge in [0.15, 0.2) is 0 Å². The molecule has 0 aromatic rings. The maximum Gasteiger partial charge on any atom is -0.0351 e. The number of allylic oxidation sites excluding steroid dienone is 1. The quantitative estimate of drug-likeness (QED) is 0.527. The van der Waals surface area contributed by atoms with Crippen molar-refractivity contribution in [3.8, 4) is 0 Å². The van der Waals surface area contributed by atoms with E-state index in [-0.39, 0.29) is 0 Å². The molecule has 1 aliphatic rings. The van der Waals surface area contributed by atoms with E-state index in [1.54, 1.807) is 0 Å². The van der Waals surface area contributed by atoms with Gasteiger partial charge in [-0.15, -0.1) is 6.58 Å². The standard InChI is InChI=1S/C15H28/c1-4-7-8-13-9-11-15(12-10-13)14(5-2)6-3/h4,13-15H,1,5-12H2,2-3H3. The van der Waals surface area contributed by atoms with Crippen LogP contribution in [-0.2, 0) is 0 Å². The minimum Gasteiger partial charge on any atom is -0.103 e. The highest BCUT2D eigenvalue weighted by Crippen LogP contribution is 2.37. The van der Waals surface area contributed by atoms with E-state index in [9.17, 15) is 0 Å². The molecule has 0 aliphatic heterocycles. The van der Waals surface area contributed by atoms with Crippen molar-refractivity contribution >= 4 is 0 Å². The fourth-order valence-electron chi connectivity index (χ4n) is 3.26. The van der Waals surface area contributed by atoms with Gasteiger partial charge in [-0.25, -0.2) is 0 Å². The van der Waals surface area contributed by atoms with Crippen molar-refractivity contribution in [3.63, 3.8) is 0 Å². The van der Waals surface area contributed by atoms with E-state index in [1.807, 2.05) is 0 Å². The molecule has 0 aromatic heterocycles. The molecule has 0 heterocycles. The van der Waals surface area contributed by atoms with E-state index in [2.05, 4.69) is 26.5 Å². The Morgan fingerprint density at radius 2 is 1.73 bits per heavy atom. The van der Waals surface area contributed by atoms with Gasteiger partial charge in [-0.2, -0.15) is 0 Å². The highest BCUT2D eigenvalue weighted by molar-refractivity contribution is 4.78. The third kappa shape index (κ3) is 4.01. The number of hydrogen-bond donors (Lipinski definition) is 0. The molecule has 0 saturated heterocycles. The maximum atomic E-state index is 3.81. The Hall–Kier alpha value is -0.260. The molecule has 0 atom stereocenters. The van der Waals surface area contributed by atoms with Crippen LogP contribution in [0.5, 0.6) is 0 Å². The summed E-state index contributed by atoms with van der Waals surface area (Å²) in [6, 6.07) is 0. The first kappa shape index (κ1) is 12.8. The van der Waals surface area contributed by atoms with Crippen LogP contribution in [0.25, 0.3) is 0 Å². The fourth-order valence-corrected chi connectivity index (χ4v) is 3.26. The molecule has 1 aliphatic carbocycles. The summed E-state index contributed by atoms with van der Waals surface area (Å²) < 4.78 is 0. The summed E-state index contributed by atoms with van der Waals surface area (Å²) in [7, 11) is 0. The van der Waals surface area contributed by atoms with Crippen molar-refractivity contribution in [3.05, 3.63) is 12.7 Å². The van der Waals surface area contributed by atoms with E-state index >= 15 is 0 Å². The smallest absolute Gasteiger partial charge is 0.0351 e. The van der Waals surface area contributed by atoms with Crippen LogP contribution < -0.4 is 0 Å². The van der Waals surface area contributed by atoms with Gasteiger partial charge in [0, 0.05) is 0 Å². The number of hydrogen-bond acceptors (Lipinski definition) is 0. The molecule has 1 saturated carbocycles. The van der Waals surface area contributed by atoms with E-state index in [1.165, 1.54) is 51.4 Å². The summed E-state index contributed by atoms with van der Waals surface area (Å²) in [4.78, 5) is 0. The van der Waals surface area contributed by atoms with Gasteiger partial charge in [-0.3, -0.25) is 0 Å². The van der Waals surface area contributed by atoms with Crippen LogP contribution in [0.1, 0.15) is 65.2 Å². The van der Waals surface area contributed by atoms with Crippen molar-refractivity contribution in [2.45, 2.75) is 65.2 Å². The van der Waals surface area contributed by atoms with E-state index < -0.39 is 0 Å². The summed E-state index contributed by atoms with van der Waals surface area (Å²) in [5.74, 6) is 3.05. The van der Waals surface area contributed by atoms with Gasteiger partial charge in [-0.1, -0.05) is 45.6 Å². The lowest BCUT2D eigenvalue weighted by molar-refractivity contribution is 0.190. The van der Waals surface area contributed by atoms with Crippen LogP contribution >= 0.6 is 0 Å². The van der Waals surface area contributed by atoms with Crippen molar-refractivity contribution in [2.24, 2.45) is 17.8 Å². The molecule has 0 radical (unpaired) electrons. The molecule has 0 heteroatoms. The molecule has 15 heavy (non-hydrogen) atoms. The average molecular weight is 208 g/mol. The highest BCUT2D eigenvalue weighted by Gasteiger charge is 2.25. The molecule has 1 fully saturated rings. The molecule has 0 N–H and O–H groups in total. The summed E-state index contributed by atoms with van der Waals surface area (Å²) >= 11 is 0. The first-order valence-corrected chi connectivity index (χ1v) is 6.92. The molecule has 88 valence electrons. The fraction of sp³-hybridized carbons (Fsp3) is 0.867. The molecule has 0 aromatic carbocycles. The second-order valence-electron chi connectivity index (χ2n) is 5.22. The third-order valence-electron chi connectivity index (χ3n) is 4.39. The molecular formula is C15H28. The Bertz CT molecular complexity index is 159. The molecule has 1 rings (SSSR count). The van der Waals surface area contributed by atoms with Crippen LogP contribution in [-0.4, -0.2) is 0 Å². The second kappa shape index (κ2) is 7.09. The van der Waals surface area contributed by atoms with Gasteiger partial charge in [0.25, 0.3) is 0 Å². The SMILES string of the molecule is C=CCCC1CCC(C(CC)CC)CC1. The zero-order valence-electron chi connectivity index (χ0n) is 10.7. The summed E-state index contributed by atoms with van der Waals surface area (Å²) in [5.41, 5.74) is 0. The van der Waals surface area contributed by atoms with Crippen LogP contribution in [0, 0.1) is 17.8 Å². The molecule has 0 unspecified atom stereocenters. The summed E-state index contributed by atoms with van der Waals surface area (Å²) in [6.07, 6.45) is 13.4. The van der Waals surface area contributed by atoms with Gasteiger partial charge < -0.3 is 0 Å². The predicted molar refractivity (Wildman–Crippen MR) is 69.0 cm³/mol. The van der Waals surface area contributed by atoms with Gasteiger partial charge in [0.1, 0.15) is 0 Å². The molecular weight excluding hydrogens is 180 g/mol. The van der Waals surface area contributed by atoms with Crippen LogP contribution in [0.2, 0.25) is 0 Å². The van der Waals surface area contributed by atoms with E-state index in [0.717, 1.165) is 17.8 Å².